The van der Waals surface area contributed by atoms with Gasteiger partial charge < -0.3 is 15.1 Å². The Hall–Kier alpha value is -2.41. The van der Waals surface area contributed by atoms with Crippen molar-refractivity contribution in [3.63, 3.8) is 0 Å². The second-order valence-corrected chi connectivity index (χ2v) is 7.50. The molecule has 7 nitrogen and oxygen atoms in total. The van der Waals surface area contributed by atoms with Crippen LogP contribution in [0.1, 0.15) is 42.6 Å². The van der Waals surface area contributed by atoms with Crippen molar-refractivity contribution in [2.75, 3.05) is 20.1 Å². The summed E-state index contributed by atoms with van der Waals surface area (Å²) in [5, 5.41) is 7.47. The zero-order valence-corrected chi connectivity index (χ0v) is 16.7. The number of piperidine rings is 1. The molecule has 0 spiro atoms. The van der Waals surface area contributed by atoms with Crippen LogP contribution in [0.4, 0.5) is 4.79 Å². The molecule has 0 unspecified atom stereocenters. The van der Waals surface area contributed by atoms with Crippen LogP contribution in [0.2, 0.25) is 0 Å². The highest BCUT2D eigenvalue weighted by atomic mass is 16.2. The molecule has 2 aromatic rings. The third kappa shape index (κ3) is 4.66. The van der Waals surface area contributed by atoms with E-state index in [4.69, 9.17) is 0 Å². The van der Waals surface area contributed by atoms with Gasteiger partial charge in [-0.15, -0.1) is 0 Å². The molecule has 1 fully saturated rings. The van der Waals surface area contributed by atoms with Gasteiger partial charge >= 0.3 is 6.03 Å². The molecule has 7 heteroatoms. The number of pyridine rings is 1. The van der Waals surface area contributed by atoms with Gasteiger partial charge in [0.15, 0.2) is 0 Å². The van der Waals surface area contributed by atoms with E-state index in [1.165, 1.54) is 0 Å². The van der Waals surface area contributed by atoms with Crippen molar-refractivity contribution in [3.05, 3.63) is 47.5 Å². The number of hydrogen-bond donors (Lipinski definition) is 1. The second kappa shape index (κ2) is 8.52. The maximum atomic E-state index is 13.2. The molecule has 1 aliphatic rings. The van der Waals surface area contributed by atoms with Gasteiger partial charge in [0.25, 0.3) is 0 Å². The fourth-order valence-electron chi connectivity index (χ4n) is 3.65. The lowest BCUT2D eigenvalue weighted by Gasteiger charge is -2.38. The fourth-order valence-corrected chi connectivity index (χ4v) is 3.65. The average Bonchev–Trinajstić information content (AvgIpc) is 3.00. The number of urea groups is 1. The number of likely N-dealkylation sites (tertiary alicyclic amines) is 1. The van der Waals surface area contributed by atoms with Gasteiger partial charge in [-0.3, -0.25) is 9.67 Å². The fraction of sp³-hybridized carbons (Fsp3) is 0.550. The van der Waals surface area contributed by atoms with Crippen LogP contribution in [-0.4, -0.2) is 56.8 Å². The van der Waals surface area contributed by atoms with Crippen LogP contribution < -0.4 is 5.32 Å². The van der Waals surface area contributed by atoms with Gasteiger partial charge in [0.2, 0.25) is 0 Å². The van der Waals surface area contributed by atoms with Gasteiger partial charge in [0.05, 0.1) is 12.2 Å². The molecule has 3 heterocycles. The average molecular weight is 371 g/mol. The highest BCUT2D eigenvalue weighted by molar-refractivity contribution is 5.75. The number of hydrogen-bond acceptors (Lipinski definition) is 4. The Labute approximate surface area is 161 Å². The van der Waals surface area contributed by atoms with Crippen LogP contribution in [0.25, 0.3) is 0 Å². The molecular weight excluding hydrogens is 340 g/mol. The summed E-state index contributed by atoms with van der Waals surface area (Å²) in [4.78, 5) is 21.7. The number of aryl methyl sites for hydroxylation is 1. The summed E-state index contributed by atoms with van der Waals surface area (Å²) in [6, 6.07) is 4.07. The lowest BCUT2D eigenvalue weighted by Crippen LogP contribution is -2.50. The summed E-state index contributed by atoms with van der Waals surface area (Å²) < 4.78 is 1.84. The summed E-state index contributed by atoms with van der Waals surface area (Å²) in [7, 11) is 4.05. The van der Waals surface area contributed by atoms with Crippen molar-refractivity contribution < 1.29 is 4.79 Å². The predicted molar refractivity (Wildman–Crippen MR) is 105 cm³/mol. The third-order valence-electron chi connectivity index (χ3n) is 5.55. The molecule has 0 bridgehead atoms. The van der Waals surface area contributed by atoms with E-state index in [1.807, 2.05) is 55.0 Å². The first-order valence-corrected chi connectivity index (χ1v) is 9.58. The van der Waals surface area contributed by atoms with Gasteiger partial charge in [-0.25, -0.2) is 4.79 Å². The van der Waals surface area contributed by atoms with E-state index in [9.17, 15) is 4.79 Å². The molecule has 27 heavy (non-hydrogen) atoms. The van der Waals surface area contributed by atoms with Crippen molar-refractivity contribution in [2.24, 2.45) is 7.05 Å². The molecule has 1 N–H and O–H groups in total. The molecule has 1 atom stereocenters. The standard InChI is InChI=1S/C20H30N6O/c1-15(19-13-22-25(4)16(19)2)23-20(27)26(14-17-6-5-9-21-12-17)18-7-10-24(3)11-8-18/h5-6,9,12-13,15,18H,7-8,10-11,14H2,1-4H3,(H,23,27)/t15-/m0/s1. The minimum Gasteiger partial charge on any atom is -0.331 e. The topological polar surface area (TPSA) is 66.3 Å². The van der Waals surface area contributed by atoms with Gasteiger partial charge in [0, 0.05) is 43.3 Å². The van der Waals surface area contributed by atoms with E-state index < -0.39 is 0 Å². The van der Waals surface area contributed by atoms with Gasteiger partial charge in [-0.05, 0) is 58.5 Å². The van der Waals surface area contributed by atoms with Crippen LogP contribution >= 0.6 is 0 Å². The van der Waals surface area contributed by atoms with Gasteiger partial charge in [-0.1, -0.05) is 6.07 Å². The van der Waals surface area contributed by atoms with E-state index in [-0.39, 0.29) is 18.1 Å². The predicted octanol–water partition coefficient (Wildman–Crippen LogP) is 2.49. The van der Waals surface area contributed by atoms with Crippen LogP contribution in [0.3, 0.4) is 0 Å². The minimum atomic E-state index is -0.0890. The maximum absolute atomic E-state index is 13.2. The highest BCUT2D eigenvalue weighted by Crippen LogP contribution is 2.21. The van der Waals surface area contributed by atoms with E-state index >= 15 is 0 Å². The van der Waals surface area contributed by atoms with Gasteiger partial charge in [-0.2, -0.15) is 5.10 Å². The molecule has 0 aliphatic carbocycles. The lowest BCUT2D eigenvalue weighted by atomic mass is 10.0. The summed E-state index contributed by atoms with van der Waals surface area (Å²) in [5.74, 6) is 0. The van der Waals surface area contributed by atoms with E-state index in [2.05, 4.69) is 27.3 Å². The van der Waals surface area contributed by atoms with E-state index in [0.717, 1.165) is 42.8 Å². The first-order valence-electron chi connectivity index (χ1n) is 9.58. The number of carbonyl (C=O) groups excluding carboxylic acids is 1. The monoisotopic (exact) mass is 370 g/mol. The molecule has 3 rings (SSSR count). The number of amides is 2. The molecule has 146 valence electrons. The Morgan fingerprint density at radius 2 is 2.07 bits per heavy atom. The Morgan fingerprint density at radius 1 is 1.33 bits per heavy atom. The number of nitrogens with zero attached hydrogens (tertiary/aromatic N) is 5. The molecule has 2 aromatic heterocycles. The Morgan fingerprint density at radius 3 is 2.67 bits per heavy atom. The van der Waals surface area contributed by atoms with Crippen LogP contribution in [0.5, 0.6) is 0 Å². The molecule has 0 radical (unpaired) electrons. The third-order valence-corrected chi connectivity index (χ3v) is 5.55. The minimum absolute atomic E-state index is 0.0239. The Bertz CT molecular complexity index is 751. The van der Waals surface area contributed by atoms with Gasteiger partial charge in [0.1, 0.15) is 0 Å². The number of nitrogens with one attached hydrogen (secondary N) is 1. The van der Waals surface area contributed by atoms with Crippen molar-refractivity contribution in [2.45, 2.75) is 45.3 Å². The Balaban J connectivity index is 1.74. The summed E-state index contributed by atoms with van der Waals surface area (Å²) >= 11 is 0. The van der Waals surface area contributed by atoms with E-state index in [0.29, 0.717) is 6.54 Å². The maximum Gasteiger partial charge on any atom is 0.318 e. The number of aromatic nitrogens is 3. The molecule has 1 saturated heterocycles. The zero-order chi connectivity index (χ0) is 19.4. The highest BCUT2D eigenvalue weighted by Gasteiger charge is 2.28. The SMILES string of the molecule is Cc1c([C@H](C)NC(=O)N(Cc2cccnc2)C2CCN(C)CC2)cnn1C. The normalized spacial score (nSPS) is 16.9. The van der Waals surface area contributed by atoms with Crippen LogP contribution in [-0.2, 0) is 13.6 Å². The van der Waals surface area contributed by atoms with Crippen molar-refractivity contribution in [1.82, 2.24) is 29.9 Å². The van der Waals surface area contributed by atoms with Crippen LogP contribution in [0.15, 0.2) is 30.7 Å². The summed E-state index contributed by atoms with van der Waals surface area (Å²) in [6.45, 7) is 6.64. The lowest BCUT2D eigenvalue weighted by molar-refractivity contribution is 0.125. The van der Waals surface area contributed by atoms with Crippen molar-refractivity contribution in [1.29, 1.82) is 0 Å². The number of carbonyl (C=O) groups is 1. The molecule has 1 aliphatic heterocycles. The second-order valence-electron chi connectivity index (χ2n) is 7.50. The zero-order valence-electron chi connectivity index (χ0n) is 16.7. The van der Waals surface area contributed by atoms with Crippen molar-refractivity contribution in [3.8, 4) is 0 Å². The largest absolute Gasteiger partial charge is 0.331 e. The van der Waals surface area contributed by atoms with E-state index in [1.54, 1.807) is 6.20 Å². The van der Waals surface area contributed by atoms with Crippen LogP contribution in [0, 0.1) is 6.92 Å². The molecular formula is C20H30N6O. The molecule has 0 aromatic carbocycles. The molecule has 2 amide bonds. The quantitative estimate of drug-likeness (QED) is 0.878. The smallest absolute Gasteiger partial charge is 0.318 e. The summed E-state index contributed by atoms with van der Waals surface area (Å²) in [6.07, 6.45) is 7.41. The first kappa shape index (κ1) is 19.4. The number of rotatable bonds is 5. The summed E-state index contributed by atoms with van der Waals surface area (Å²) in [5.41, 5.74) is 3.17. The Kier molecular flexibility index (Phi) is 6.11. The first-order chi connectivity index (χ1) is 13.0. The molecule has 0 saturated carbocycles. The van der Waals surface area contributed by atoms with Crippen molar-refractivity contribution >= 4 is 6.03 Å².